The molecule has 0 saturated heterocycles. The summed E-state index contributed by atoms with van der Waals surface area (Å²) in [5.74, 6) is -0.877. The molecular weight excluding hydrogens is 366 g/mol. The molecule has 0 aliphatic heterocycles. The number of carboxylic acid groups (broad SMARTS) is 1. The van der Waals surface area contributed by atoms with Crippen molar-refractivity contribution in [3.63, 3.8) is 0 Å². The number of aliphatic carboxylic acids is 1. The Hall–Kier alpha value is -2.45. The summed E-state index contributed by atoms with van der Waals surface area (Å²) in [6, 6.07) is 9.08. The number of ether oxygens (including phenoxy) is 1. The van der Waals surface area contributed by atoms with Crippen LogP contribution < -0.4 is 10.6 Å². The number of benzene rings is 1. The van der Waals surface area contributed by atoms with Crippen molar-refractivity contribution < 1.29 is 19.4 Å². The molecule has 2 aromatic rings. The van der Waals surface area contributed by atoms with E-state index in [9.17, 15) is 9.59 Å². The van der Waals surface area contributed by atoms with Gasteiger partial charge in [0.05, 0.1) is 12.2 Å². The maximum absolute atomic E-state index is 12.2. The summed E-state index contributed by atoms with van der Waals surface area (Å²) in [4.78, 5) is 27.6. The van der Waals surface area contributed by atoms with Gasteiger partial charge in [-0.2, -0.15) is 0 Å². The highest BCUT2D eigenvalue weighted by Gasteiger charge is 2.15. The Balaban J connectivity index is 1.88. The second-order valence-corrected chi connectivity index (χ2v) is 7.09. The Kier molecular flexibility index (Phi) is 8.22. The first-order chi connectivity index (χ1) is 13.0. The van der Waals surface area contributed by atoms with Crippen molar-refractivity contribution in [2.45, 2.75) is 44.9 Å². The summed E-state index contributed by atoms with van der Waals surface area (Å²) in [5, 5.41) is 17.3. The minimum absolute atomic E-state index is 0.00212. The number of carbonyl (C=O) groups is 2. The molecule has 1 heterocycles. The van der Waals surface area contributed by atoms with Gasteiger partial charge in [-0.15, -0.1) is 11.3 Å². The van der Waals surface area contributed by atoms with Crippen molar-refractivity contribution in [1.82, 2.24) is 15.6 Å². The molecule has 2 rings (SSSR count). The fourth-order valence-corrected chi connectivity index (χ4v) is 3.37. The van der Waals surface area contributed by atoms with E-state index in [-0.39, 0.29) is 24.6 Å². The summed E-state index contributed by atoms with van der Waals surface area (Å²) in [6.07, 6.45) is 0.864. The van der Waals surface area contributed by atoms with Gasteiger partial charge in [-0.25, -0.2) is 9.78 Å². The van der Waals surface area contributed by atoms with E-state index in [1.165, 1.54) is 11.3 Å². The third-order valence-corrected chi connectivity index (χ3v) is 5.12. The molecule has 1 aromatic carbocycles. The Bertz CT molecular complexity index is 736. The van der Waals surface area contributed by atoms with Gasteiger partial charge < -0.3 is 20.5 Å². The van der Waals surface area contributed by atoms with Gasteiger partial charge in [0.15, 0.2) is 0 Å². The number of rotatable bonds is 10. The van der Waals surface area contributed by atoms with E-state index in [4.69, 9.17) is 9.84 Å². The van der Waals surface area contributed by atoms with Gasteiger partial charge in [0.25, 0.3) is 0 Å². The highest BCUT2D eigenvalue weighted by atomic mass is 32.1. The molecule has 0 aliphatic rings. The number of hydrogen-bond acceptors (Lipinski definition) is 5. The minimum Gasteiger partial charge on any atom is -0.481 e. The first-order valence-corrected chi connectivity index (χ1v) is 9.63. The van der Waals surface area contributed by atoms with Crippen molar-refractivity contribution in [1.29, 1.82) is 0 Å². The van der Waals surface area contributed by atoms with E-state index < -0.39 is 5.97 Å². The number of nitrogens with one attached hydrogen (secondary N) is 2. The Morgan fingerprint density at radius 2 is 2.04 bits per heavy atom. The standard InChI is InChI=1S/C19H25N3O4S/c1-13(26-2)18-21-16(12-27-18)11-20-19(25)22-15(8-9-17(23)24)10-14-6-4-3-5-7-14/h3-7,12-13,15H,8-11H2,1-2H3,(H,23,24)(H2,20,22,25). The maximum Gasteiger partial charge on any atom is 0.315 e. The third kappa shape index (κ3) is 7.36. The SMILES string of the molecule is COC(C)c1nc(CNC(=O)NC(CCC(=O)O)Cc2ccccc2)cs1. The van der Waals surface area contributed by atoms with Gasteiger partial charge in [-0.1, -0.05) is 30.3 Å². The average molecular weight is 391 g/mol. The van der Waals surface area contributed by atoms with Crippen molar-refractivity contribution in [3.05, 3.63) is 52.0 Å². The highest BCUT2D eigenvalue weighted by Crippen LogP contribution is 2.20. The van der Waals surface area contributed by atoms with Crippen LogP contribution in [0.25, 0.3) is 0 Å². The van der Waals surface area contributed by atoms with Crippen LogP contribution >= 0.6 is 11.3 Å². The van der Waals surface area contributed by atoms with Crippen LogP contribution in [0.2, 0.25) is 0 Å². The molecule has 0 fully saturated rings. The molecule has 2 unspecified atom stereocenters. The van der Waals surface area contributed by atoms with Crippen molar-refractivity contribution >= 4 is 23.3 Å². The third-order valence-electron chi connectivity index (χ3n) is 4.07. The molecular formula is C19H25N3O4S. The number of urea groups is 1. The molecule has 0 bridgehead atoms. The van der Waals surface area contributed by atoms with Gasteiger partial charge in [0, 0.05) is 25.0 Å². The fraction of sp³-hybridized carbons (Fsp3) is 0.421. The molecule has 7 nitrogen and oxygen atoms in total. The number of aromatic nitrogens is 1. The van der Waals surface area contributed by atoms with Gasteiger partial charge in [-0.3, -0.25) is 4.79 Å². The number of methoxy groups -OCH3 is 1. The quantitative estimate of drug-likeness (QED) is 0.578. The summed E-state index contributed by atoms with van der Waals surface area (Å²) in [7, 11) is 1.63. The molecule has 1 aromatic heterocycles. The van der Waals surface area contributed by atoms with E-state index in [2.05, 4.69) is 15.6 Å². The second-order valence-electron chi connectivity index (χ2n) is 6.20. The van der Waals surface area contributed by atoms with E-state index in [0.29, 0.717) is 19.4 Å². The van der Waals surface area contributed by atoms with Crippen LogP contribution in [0.3, 0.4) is 0 Å². The van der Waals surface area contributed by atoms with Crippen LogP contribution in [-0.4, -0.2) is 35.2 Å². The van der Waals surface area contributed by atoms with E-state index >= 15 is 0 Å². The molecule has 3 N–H and O–H groups in total. The Labute approximate surface area is 162 Å². The fourth-order valence-electron chi connectivity index (χ4n) is 2.52. The van der Waals surface area contributed by atoms with Gasteiger partial charge >= 0.3 is 12.0 Å². The molecule has 0 saturated carbocycles. The predicted molar refractivity (Wildman–Crippen MR) is 104 cm³/mol. The number of amides is 2. The van der Waals surface area contributed by atoms with Crippen LogP contribution in [0.1, 0.15) is 42.1 Å². The summed E-state index contributed by atoms with van der Waals surface area (Å²) in [5.41, 5.74) is 1.81. The minimum atomic E-state index is -0.877. The molecule has 0 spiro atoms. The van der Waals surface area contributed by atoms with Gasteiger partial charge in [-0.05, 0) is 25.3 Å². The zero-order valence-corrected chi connectivity index (χ0v) is 16.3. The molecule has 0 aliphatic carbocycles. The Morgan fingerprint density at radius 1 is 1.30 bits per heavy atom. The summed E-state index contributed by atoms with van der Waals surface area (Å²) >= 11 is 1.49. The molecule has 146 valence electrons. The maximum atomic E-state index is 12.2. The zero-order chi connectivity index (χ0) is 19.6. The van der Waals surface area contributed by atoms with Crippen LogP contribution in [-0.2, 0) is 22.5 Å². The molecule has 8 heteroatoms. The van der Waals surface area contributed by atoms with E-state index in [0.717, 1.165) is 16.3 Å². The molecule has 2 atom stereocenters. The molecule has 27 heavy (non-hydrogen) atoms. The lowest BCUT2D eigenvalue weighted by atomic mass is 10.0. The van der Waals surface area contributed by atoms with Gasteiger partial charge in [0.2, 0.25) is 0 Å². The van der Waals surface area contributed by atoms with E-state index in [1.54, 1.807) is 7.11 Å². The monoisotopic (exact) mass is 391 g/mol. The van der Waals surface area contributed by atoms with Crippen LogP contribution in [0, 0.1) is 0 Å². The number of carboxylic acids is 1. The summed E-state index contributed by atoms with van der Waals surface area (Å²) in [6.45, 7) is 2.22. The summed E-state index contributed by atoms with van der Waals surface area (Å²) < 4.78 is 5.23. The lowest BCUT2D eigenvalue weighted by molar-refractivity contribution is -0.137. The van der Waals surface area contributed by atoms with Gasteiger partial charge in [0.1, 0.15) is 11.1 Å². The van der Waals surface area contributed by atoms with Crippen molar-refractivity contribution in [2.24, 2.45) is 0 Å². The topological polar surface area (TPSA) is 101 Å². The van der Waals surface area contributed by atoms with Crippen LogP contribution in [0.5, 0.6) is 0 Å². The molecule has 0 radical (unpaired) electrons. The normalized spacial score (nSPS) is 13.0. The first-order valence-electron chi connectivity index (χ1n) is 8.75. The zero-order valence-electron chi connectivity index (χ0n) is 15.5. The van der Waals surface area contributed by atoms with E-state index in [1.807, 2.05) is 42.6 Å². The van der Waals surface area contributed by atoms with Crippen LogP contribution in [0.15, 0.2) is 35.7 Å². The second kappa shape index (κ2) is 10.6. The average Bonchev–Trinajstić information content (AvgIpc) is 3.13. The first kappa shape index (κ1) is 20.9. The lowest BCUT2D eigenvalue weighted by Crippen LogP contribution is -2.43. The molecule has 2 amide bonds. The number of thiazole rings is 1. The highest BCUT2D eigenvalue weighted by molar-refractivity contribution is 7.09. The number of nitrogens with zero attached hydrogens (tertiary/aromatic N) is 1. The predicted octanol–water partition coefficient (Wildman–Crippen LogP) is 3.13. The number of hydrogen-bond donors (Lipinski definition) is 3. The van der Waals surface area contributed by atoms with Crippen LogP contribution in [0.4, 0.5) is 4.79 Å². The number of carbonyl (C=O) groups excluding carboxylic acids is 1. The Morgan fingerprint density at radius 3 is 2.70 bits per heavy atom. The lowest BCUT2D eigenvalue weighted by Gasteiger charge is -2.18. The van der Waals surface area contributed by atoms with Crippen molar-refractivity contribution in [3.8, 4) is 0 Å². The largest absolute Gasteiger partial charge is 0.481 e. The smallest absolute Gasteiger partial charge is 0.315 e. The van der Waals surface area contributed by atoms with Crippen molar-refractivity contribution in [2.75, 3.05) is 7.11 Å².